The van der Waals surface area contributed by atoms with Crippen LogP contribution in [0, 0.1) is 0 Å². The highest BCUT2D eigenvalue weighted by molar-refractivity contribution is 7.13. The van der Waals surface area contributed by atoms with Gasteiger partial charge in [-0.05, 0) is 42.0 Å². The largest absolute Gasteiger partial charge is 0.352 e. The average Bonchev–Trinajstić information content (AvgIpc) is 3.23. The maximum atomic E-state index is 12.2. The lowest BCUT2D eigenvalue weighted by Crippen LogP contribution is -2.30. The molecule has 0 unspecified atom stereocenters. The number of amides is 2. The van der Waals surface area contributed by atoms with Crippen LogP contribution in [0.5, 0.6) is 0 Å². The summed E-state index contributed by atoms with van der Waals surface area (Å²) in [5.74, 6) is 0.177. The number of nitrogens with one attached hydrogen (secondary N) is 1. The van der Waals surface area contributed by atoms with Gasteiger partial charge in [-0.25, -0.2) is 0 Å². The number of rotatable bonds is 6. The maximum Gasteiger partial charge on any atom is 0.251 e. The number of likely N-dealkylation sites (tertiary alicyclic amines) is 1. The van der Waals surface area contributed by atoms with Crippen molar-refractivity contribution in [3.8, 4) is 10.4 Å². The van der Waals surface area contributed by atoms with E-state index in [1.807, 2.05) is 40.6 Å². The fourth-order valence-corrected chi connectivity index (χ4v) is 3.49. The molecule has 0 spiro atoms. The van der Waals surface area contributed by atoms with Crippen LogP contribution >= 0.6 is 11.3 Å². The molecule has 1 aliphatic heterocycles. The van der Waals surface area contributed by atoms with Crippen LogP contribution in [0.4, 0.5) is 0 Å². The first kappa shape index (κ1) is 15.7. The van der Waals surface area contributed by atoms with E-state index in [1.54, 1.807) is 11.3 Å². The lowest BCUT2D eigenvalue weighted by molar-refractivity contribution is -0.127. The van der Waals surface area contributed by atoms with Crippen LogP contribution in [-0.4, -0.2) is 36.3 Å². The second kappa shape index (κ2) is 7.42. The summed E-state index contributed by atoms with van der Waals surface area (Å²) < 4.78 is 0. The van der Waals surface area contributed by atoms with Gasteiger partial charge in [0.05, 0.1) is 0 Å². The van der Waals surface area contributed by atoms with E-state index in [0.29, 0.717) is 18.5 Å². The highest BCUT2D eigenvalue weighted by Crippen LogP contribution is 2.25. The minimum atomic E-state index is -0.0591. The molecule has 1 aromatic carbocycles. The van der Waals surface area contributed by atoms with E-state index < -0.39 is 0 Å². The summed E-state index contributed by atoms with van der Waals surface area (Å²) in [5, 5.41) is 4.97. The SMILES string of the molecule is O=C(NCCCN1CCCC1=O)c1cccc(-c2cccs2)c1. The van der Waals surface area contributed by atoms with Gasteiger partial charge in [0.2, 0.25) is 5.91 Å². The summed E-state index contributed by atoms with van der Waals surface area (Å²) in [6.45, 7) is 2.18. The lowest BCUT2D eigenvalue weighted by atomic mass is 10.1. The van der Waals surface area contributed by atoms with Crippen molar-refractivity contribution in [3.05, 3.63) is 47.3 Å². The van der Waals surface area contributed by atoms with E-state index in [0.717, 1.165) is 36.4 Å². The van der Waals surface area contributed by atoms with Gasteiger partial charge in [-0.3, -0.25) is 9.59 Å². The van der Waals surface area contributed by atoms with Crippen LogP contribution < -0.4 is 5.32 Å². The van der Waals surface area contributed by atoms with Gasteiger partial charge in [0.15, 0.2) is 0 Å². The Kier molecular flexibility index (Phi) is 5.08. The first-order chi connectivity index (χ1) is 11.2. The Bertz CT molecular complexity index is 682. The van der Waals surface area contributed by atoms with Gasteiger partial charge in [0, 0.05) is 36.5 Å². The van der Waals surface area contributed by atoms with Crippen LogP contribution in [0.15, 0.2) is 41.8 Å². The Balaban J connectivity index is 1.50. The summed E-state index contributed by atoms with van der Waals surface area (Å²) in [6.07, 6.45) is 2.42. The van der Waals surface area contributed by atoms with E-state index >= 15 is 0 Å². The van der Waals surface area contributed by atoms with Crippen molar-refractivity contribution in [2.75, 3.05) is 19.6 Å². The van der Waals surface area contributed by atoms with Crippen LogP contribution in [0.3, 0.4) is 0 Å². The molecule has 5 heteroatoms. The standard InChI is InChI=1S/C18H20N2O2S/c21-17-8-2-10-20(17)11-4-9-19-18(22)15-6-1-5-14(13-15)16-7-3-12-23-16/h1,3,5-7,12-13H,2,4,8-11H2,(H,19,22). The summed E-state index contributed by atoms with van der Waals surface area (Å²) in [4.78, 5) is 26.8. The molecular formula is C18H20N2O2S. The van der Waals surface area contributed by atoms with Crippen molar-refractivity contribution in [1.29, 1.82) is 0 Å². The summed E-state index contributed by atoms with van der Waals surface area (Å²) in [7, 11) is 0. The zero-order valence-electron chi connectivity index (χ0n) is 13.0. The number of carbonyl (C=O) groups excluding carboxylic acids is 2. The molecule has 4 nitrogen and oxygen atoms in total. The van der Waals surface area contributed by atoms with E-state index in [4.69, 9.17) is 0 Å². The quantitative estimate of drug-likeness (QED) is 0.828. The molecule has 0 radical (unpaired) electrons. The number of nitrogens with zero attached hydrogens (tertiary/aromatic N) is 1. The number of hydrogen-bond donors (Lipinski definition) is 1. The van der Waals surface area contributed by atoms with Crippen molar-refractivity contribution in [2.24, 2.45) is 0 Å². The minimum Gasteiger partial charge on any atom is -0.352 e. The van der Waals surface area contributed by atoms with Crippen molar-refractivity contribution in [3.63, 3.8) is 0 Å². The molecule has 2 amide bonds. The third-order valence-electron chi connectivity index (χ3n) is 3.99. The molecule has 1 aromatic heterocycles. The number of thiophene rings is 1. The first-order valence-electron chi connectivity index (χ1n) is 7.94. The highest BCUT2D eigenvalue weighted by atomic mass is 32.1. The number of carbonyl (C=O) groups is 2. The van der Waals surface area contributed by atoms with Crippen LogP contribution in [0.1, 0.15) is 29.6 Å². The molecular weight excluding hydrogens is 308 g/mol. The maximum absolute atomic E-state index is 12.2. The van der Waals surface area contributed by atoms with Gasteiger partial charge in [0.1, 0.15) is 0 Å². The van der Waals surface area contributed by atoms with Gasteiger partial charge in [0.25, 0.3) is 5.91 Å². The summed E-state index contributed by atoms with van der Waals surface area (Å²) in [5.41, 5.74) is 1.74. The highest BCUT2D eigenvalue weighted by Gasteiger charge is 2.19. The third-order valence-corrected chi connectivity index (χ3v) is 4.91. The van der Waals surface area contributed by atoms with E-state index in [2.05, 4.69) is 11.4 Å². The van der Waals surface area contributed by atoms with Gasteiger partial charge < -0.3 is 10.2 Å². The summed E-state index contributed by atoms with van der Waals surface area (Å²) in [6, 6.07) is 11.7. The molecule has 1 saturated heterocycles. The normalized spacial score (nSPS) is 14.3. The predicted molar refractivity (Wildman–Crippen MR) is 92.5 cm³/mol. The van der Waals surface area contributed by atoms with E-state index in [1.165, 1.54) is 0 Å². The Labute approximate surface area is 140 Å². The zero-order chi connectivity index (χ0) is 16.1. The Morgan fingerprint density at radius 2 is 2.17 bits per heavy atom. The first-order valence-corrected chi connectivity index (χ1v) is 8.82. The van der Waals surface area contributed by atoms with Crippen LogP contribution in [0.25, 0.3) is 10.4 Å². The van der Waals surface area contributed by atoms with Crippen LogP contribution in [-0.2, 0) is 4.79 Å². The Hall–Kier alpha value is -2.14. The zero-order valence-corrected chi connectivity index (χ0v) is 13.8. The van der Waals surface area contributed by atoms with Gasteiger partial charge in [-0.2, -0.15) is 0 Å². The van der Waals surface area contributed by atoms with Gasteiger partial charge in [-0.15, -0.1) is 11.3 Å². The molecule has 2 heterocycles. The Morgan fingerprint density at radius 3 is 2.91 bits per heavy atom. The average molecular weight is 328 g/mol. The monoisotopic (exact) mass is 328 g/mol. The smallest absolute Gasteiger partial charge is 0.251 e. The fourth-order valence-electron chi connectivity index (χ4n) is 2.77. The van der Waals surface area contributed by atoms with Crippen molar-refractivity contribution in [2.45, 2.75) is 19.3 Å². The molecule has 0 aliphatic carbocycles. The minimum absolute atomic E-state index is 0.0591. The molecule has 1 N–H and O–H groups in total. The lowest BCUT2D eigenvalue weighted by Gasteiger charge is -2.15. The Morgan fingerprint density at radius 1 is 1.26 bits per heavy atom. The number of hydrogen-bond acceptors (Lipinski definition) is 3. The molecule has 3 rings (SSSR count). The van der Waals surface area contributed by atoms with Crippen molar-refractivity contribution < 1.29 is 9.59 Å². The van der Waals surface area contributed by atoms with Crippen molar-refractivity contribution >= 4 is 23.2 Å². The predicted octanol–water partition coefficient (Wildman–Crippen LogP) is 3.16. The van der Waals surface area contributed by atoms with Crippen molar-refractivity contribution in [1.82, 2.24) is 10.2 Å². The second-order valence-corrected chi connectivity index (χ2v) is 6.60. The molecule has 0 bridgehead atoms. The second-order valence-electron chi connectivity index (χ2n) is 5.65. The third kappa shape index (κ3) is 3.99. The van der Waals surface area contributed by atoms with Gasteiger partial charge in [-0.1, -0.05) is 18.2 Å². The molecule has 23 heavy (non-hydrogen) atoms. The van der Waals surface area contributed by atoms with E-state index in [-0.39, 0.29) is 11.8 Å². The molecule has 0 saturated carbocycles. The molecule has 1 aliphatic rings. The number of benzene rings is 1. The molecule has 120 valence electrons. The molecule has 2 aromatic rings. The summed E-state index contributed by atoms with van der Waals surface area (Å²) >= 11 is 1.66. The van der Waals surface area contributed by atoms with Gasteiger partial charge >= 0.3 is 0 Å². The fraction of sp³-hybridized carbons (Fsp3) is 0.333. The van der Waals surface area contributed by atoms with E-state index in [9.17, 15) is 9.59 Å². The topological polar surface area (TPSA) is 49.4 Å². The van der Waals surface area contributed by atoms with Crippen LogP contribution in [0.2, 0.25) is 0 Å². The molecule has 0 atom stereocenters. The molecule has 1 fully saturated rings.